The second kappa shape index (κ2) is 5.06. The van der Waals surface area contributed by atoms with E-state index in [2.05, 4.69) is 5.10 Å². The zero-order valence-corrected chi connectivity index (χ0v) is 10.9. The molecule has 2 aromatic rings. The summed E-state index contributed by atoms with van der Waals surface area (Å²) in [5, 5.41) is 13.8. The Bertz CT molecular complexity index is 619. The summed E-state index contributed by atoms with van der Waals surface area (Å²) in [7, 11) is 1.44. The molecule has 0 bridgehead atoms. The number of nitrogens with zero attached hydrogens (tertiary/aromatic N) is 2. The topological polar surface area (TPSA) is 38.0 Å². The van der Waals surface area contributed by atoms with Crippen molar-refractivity contribution in [2.75, 3.05) is 0 Å². The third-order valence-electron chi connectivity index (χ3n) is 2.81. The molecule has 1 heterocycles. The summed E-state index contributed by atoms with van der Waals surface area (Å²) in [5.74, 6) is -0.956. The molecule has 2 rings (SSSR count). The molecule has 1 aromatic heterocycles. The molecule has 0 radical (unpaired) electrons. The Hall–Kier alpha value is -1.60. The summed E-state index contributed by atoms with van der Waals surface area (Å²) in [4.78, 5) is 0. The van der Waals surface area contributed by atoms with Crippen LogP contribution >= 0.6 is 11.6 Å². The number of aliphatic hydroxyl groups excluding tert-OH is 1. The molecule has 3 nitrogen and oxygen atoms in total. The highest BCUT2D eigenvalue weighted by molar-refractivity contribution is 6.31. The van der Waals surface area contributed by atoms with E-state index in [0.717, 1.165) is 0 Å². The minimum absolute atomic E-state index is 0.0184. The molecule has 1 unspecified atom stereocenters. The molecule has 0 aliphatic rings. The summed E-state index contributed by atoms with van der Waals surface area (Å²) < 4.78 is 52.7. The van der Waals surface area contributed by atoms with Crippen LogP contribution in [0.1, 0.15) is 22.9 Å². The molecule has 0 saturated heterocycles. The van der Waals surface area contributed by atoms with Gasteiger partial charge in [0.1, 0.15) is 11.9 Å². The van der Waals surface area contributed by atoms with E-state index in [0.29, 0.717) is 18.2 Å². The van der Waals surface area contributed by atoms with Gasteiger partial charge in [0.2, 0.25) is 0 Å². The maximum atomic E-state index is 13.7. The summed E-state index contributed by atoms with van der Waals surface area (Å²) >= 11 is 5.78. The van der Waals surface area contributed by atoms with Gasteiger partial charge in [0.05, 0.1) is 22.5 Å². The predicted octanol–water partition coefficient (Wildman–Crippen LogP) is 3.31. The Morgan fingerprint density at radius 1 is 1.35 bits per heavy atom. The van der Waals surface area contributed by atoms with Crippen molar-refractivity contribution >= 4 is 11.6 Å². The number of hydrogen-bond acceptors (Lipinski definition) is 2. The number of alkyl halides is 3. The summed E-state index contributed by atoms with van der Waals surface area (Å²) in [6.45, 7) is 0. The molecule has 0 amide bonds. The zero-order chi connectivity index (χ0) is 15.1. The van der Waals surface area contributed by atoms with Crippen molar-refractivity contribution in [2.45, 2.75) is 12.3 Å². The van der Waals surface area contributed by atoms with Gasteiger partial charge < -0.3 is 5.11 Å². The first-order chi connectivity index (χ1) is 9.21. The first-order valence-electron chi connectivity index (χ1n) is 5.44. The van der Waals surface area contributed by atoms with Crippen LogP contribution in [0.2, 0.25) is 5.02 Å². The van der Waals surface area contributed by atoms with Crippen molar-refractivity contribution in [3.05, 3.63) is 52.1 Å². The van der Waals surface area contributed by atoms with Crippen molar-refractivity contribution in [1.29, 1.82) is 0 Å². The molecule has 0 aliphatic carbocycles. The molecule has 0 spiro atoms. The van der Waals surface area contributed by atoms with Crippen LogP contribution in [-0.4, -0.2) is 14.9 Å². The van der Waals surface area contributed by atoms with Crippen LogP contribution in [0, 0.1) is 5.82 Å². The normalized spacial score (nSPS) is 13.6. The van der Waals surface area contributed by atoms with Crippen LogP contribution in [-0.2, 0) is 13.2 Å². The molecule has 8 heteroatoms. The van der Waals surface area contributed by atoms with Gasteiger partial charge in [0.25, 0.3) is 0 Å². The third kappa shape index (κ3) is 2.64. The lowest BCUT2D eigenvalue weighted by molar-refractivity contribution is -0.137. The van der Waals surface area contributed by atoms with Crippen LogP contribution in [0.25, 0.3) is 0 Å². The molecule has 1 N–H and O–H groups in total. The fraction of sp³-hybridized carbons (Fsp3) is 0.250. The van der Waals surface area contributed by atoms with Crippen molar-refractivity contribution < 1.29 is 22.7 Å². The van der Waals surface area contributed by atoms with E-state index in [9.17, 15) is 22.7 Å². The molecule has 1 aromatic carbocycles. The van der Waals surface area contributed by atoms with E-state index in [1.165, 1.54) is 17.9 Å². The summed E-state index contributed by atoms with van der Waals surface area (Å²) in [5.41, 5.74) is -1.54. The van der Waals surface area contributed by atoms with Crippen LogP contribution in [0.4, 0.5) is 17.6 Å². The minimum Gasteiger partial charge on any atom is -0.382 e. The van der Waals surface area contributed by atoms with E-state index >= 15 is 0 Å². The lowest BCUT2D eigenvalue weighted by Gasteiger charge is -2.15. The van der Waals surface area contributed by atoms with Gasteiger partial charge in [-0.2, -0.15) is 18.3 Å². The average molecular weight is 309 g/mol. The second-order valence-corrected chi connectivity index (χ2v) is 4.55. The van der Waals surface area contributed by atoms with Gasteiger partial charge in [-0.1, -0.05) is 11.6 Å². The summed E-state index contributed by atoms with van der Waals surface area (Å²) in [6, 6.07) is 1.82. The Labute approximate surface area is 116 Å². The molecule has 0 saturated carbocycles. The van der Waals surface area contributed by atoms with Crippen LogP contribution in [0.3, 0.4) is 0 Å². The Balaban J connectivity index is 2.52. The standard InChI is InChI=1S/C12H9ClF4N2O/c1-19-10(8(13)5-18-19)11(20)7-4-6(12(15,16)17)2-3-9(7)14/h2-5,11,20H,1H3. The first kappa shape index (κ1) is 14.8. The van der Waals surface area contributed by atoms with E-state index in [4.69, 9.17) is 11.6 Å². The van der Waals surface area contributed by atoms with Gasteiger partial charge in [-0.3, -0.25) is 4.68 Å². The monoisotopic (exact) mass is 308 g/mol. The SMILES string of the molecule is Cn1ncc(Cl)c1C(O)c1cc(C(F)(F)F)ccc1F. The highest BCUT2D eigenvalue weighted by Gasteiger charge is 2.32. The van der Waals surface area contributed by atoms with Crippen molar-refractivity contribution in [1.82, 2.24) is 9.78 Å². The average Bonchev–Trinajstić information content (AvgIpc) is 2.67. The van der Waals surface area contributed by atoms with Gasteiger partial charge in [0, 0.05) is 12.6 Å². The van der Waals surface area contributed by atoms with Crippen molar-refractivity contribution in [3.63, 3.8) is 0 Å². The van der Waals surface area contributed by atoms with E-state index in [1.54, 1.807) is 0 Å². The number of aryl methyl sites for hydroxylation is 1. The van der Waals surface area contributed by atoms with Gasteiger partial charge in [-0.15, -0.1) is 0 Å². The van der Waals surface area contributed by atoms with Crippen LogP contribution in [0.15, 0.2) is 24.4 Å². The van der Waals surface area contributed by atoms with E-state index < -0.39 is 29.2 Å². The Kier molecular flexibility index (Phi) is 3.75. The largest absolute Gasteiger partial charge is 0.416 e. The number of benzene rings is 1. The Morgan fingerprint density at radius 2 is 2.00 bits per heavy atom. The number of aromatic nitrogens is 2. The highest BCUT2D eigenvalue weighted by atomic mass is 35.5. The summed E-state index contributed by atoms with van der Waals surface area (Å²) in [6.07, 6.45) is -5.05. The quantitative estimate of drug-likeness (QED) is 0.864. The molecular formula is C12H9ClF4N2O. The molecular weight excluding hydrogens is 300 g/mol. The number of hydrogen-bond donors (Lipinski definition) is 1. The van der Waals surface area contributed by atoms with Crippen LogP contribution < -0.4 is 0 Å². The fourth-order valence-electron chi connectivity index (χ4n) is 1.80. The van der Waals surface area contributed by atoms with Gasteiger partial charge in [0.15, 0.2) is 0 Å². The number of rotatable bonds is 2. The van der Waals surface area contributed by atoms with Crippen molar-refractivity contribution in [2.24, 2.45) is 7.05 Å². The molecule has 0 fully saturated rings. The van der Waals surface area contributed by atoms with Crippen molar-refractivity contribution in [3.8, 4) is 0 Å². The Morgan fingerprint density at radius 3 is 2.50 bits per heavy atom. The lowest BCUT2D eigenvalue weighted by atomic mass is 10.0. The fourth-order valence-corrected chi connectivity index (χ4v) is 2.07. The highest BCUT2D eigenvalue weighted by Crippen LogP contribution is 2.34. The molecule has 108 valence electrons. The lowest BCUT2D eigenvalue weighted by Crippen LogP contribution is -2.12. The van der Waals surface area contributed by atoms with E-state index in [-0.39, 0.29) is 10.7 Å². The third-order valence-corrected chi connectivity index (χ3v) is 3.11. The van der Waals surface area contributed by atoms with Gasteiger partial charge >= 0.3 is 6.18 Å². The predicted molar refractivity (Wildman–Crippen MR) is 63.7 cm³/mol. The maximum absolute atomic E-state index is 13.7. The smallest absolute Gasteiger partial charge is 0.382 e. The van der Waals surface area contributed by atoms with Gasteiger partial charge in [-0.05, 0) is 18.2 Å². The maximum Gasteiger partial charge on any atom is 0.416 e. The first-order valence-corrected chi connectivity index (χ1v) is 5.81. The van der Waals surface area contributed by atoms with Gasteiger partial charge in [-0.25, -0.2) is 4.39 Å². The molecule has 0 aliphatic heterocycles. The minimum atomic E-state index is -4.63. The molecule has 20 heavy (non-hydrogen) atoms. The number of aliphatic hydroxyl groups is 1. The van der Waals surface area contributed by atoms with Crippen LogP contribution in [0.5, 0.6) is 0 Å². The van der Waals surface area contributed by atoms with E-state index in [1.807, 2.05) is 0 Å². The zero-order valence-electron chi connectivity index (χ0n) is 10.1. The number of halogens is 5. The molecule has 1 atom stereocenters. The second-order valence-electron chi connectivity index (χ2n) is 4.14.